The molecule has 31 heavy (non-hydrogen) atoms. The first-order valence-electron chi connectivity index (χ1n) is 10.6. The van der Waals surface area contributed by atoms with Gasteiger partial charge in [-0.25, -0.2) is 4.98 Å². The molecular formula is C23H28ClN5OS. The van der Waals surface area contributed by atoms with Gasteiger partial charge in [0.2, 0.25) is 0 Å². The van der Waals surface area contributed by atoms with E-state index in [-0.39, 0.29) is 18.3 Å². The second-order valence-electron chi connectivity index (χ2n) is 8.22. The summed E-state index contributed by atoms with van der Waals surface area (Å²) in [6, 6.07) is 13.9. The molecule has 2 saturated heterocycles. The van der Waals surface area contributed by atoms with Crippen LogP contribution in [-0.4, -0.2) is 42.6 Å². The second kappa shape index (κ2) is 9.02. The van der Waals surface area contributed by atoms with Gasteiger partial charge in [-0.1, -0.05) is 12.1 Å². The summed E-state index contributed by atoms with van der Waals surface area (Å²) in [6.07, 6.45) is 3.25. The molecule has 2 aromatic heterocycles. The van der Waals surface area contributed by atoms with Crippen LogP contribution in [0.3, 0.4) is 0 Å². The fourth-order valence-corrected chi connectivity index (χ4v) is 5.75. The summed E-state index contributed by atoms with van der Waals surface area (Å²) in [7, 11) is 0. The Morgan fingerprint density at radius 3 is 2.87 bits per heavy atom. The number of pyridine rings is 1. The Bertz CT molecular complexity index is 1080. The normalized spacial score (nSPS) is 20.0. The van der Waals surface area contributed by atoms with Crippen molar-refractivity contribution in [3.05, 3.63) is 52.5 Å². The molecule has 0 unspecified atom stereocenters. The van der Waals surface area contributed by atoms with Crippen LogP contribution in [0.15, 0.2) is 36.4 Å². The van der Waals surface area contributed by atoms with Crippen LogP contribution in [0.25, 0.3) is 10.2 Å². The lowest BCUT2D eigenvalue weighted by atomic mass is 10.1. The number of halogens is 1. The zero-order valence-electron chi connectivity index (χ0n) is 17.6. The number of carbonyl (C=O) groups excluding carboxylic acids is 1. The summed E-state index contributed by atoms with van der Waals surface area (Å²) in [6.45, 7) is 4.77. The molecule has 5 rings (SSSR count). The molecular weight excluding hydrogens is 430 g/mol. The number of aryl methyl sites for hydroxylation is 1. The van der Waals surface area contributed by atoms with Gasteiger partial charge in [-0.05, 0) is 62.6 Å². The number of thiophene rings is 1. The van der Waals surface area contributed by atoms with E-state index in [1.165, 1.54) is 35.4 Å². The van der Waals surface area contributed by atoms with E-state index in [0.717, 1.165) is 35.4 Å². The lowest BCUT2D eigenvalue weighted by Crippen LogP contribution is -2.34. The number of nitrogen functional groups attached to an aromatic ring is 1. The molecule has 0 spiro atoms. The van der Waals surface area contributed by atoms with Crippen LogP contribution < -0.4 is 21.3 Å². The van der Waals surface area contributed by atoms with Crippen LogP contribution in [0.4, 0.5) is 11.4 Å². The van der Waals surface area contributed by atoms with E-state index in [2.05, 4.69) is 44.8 Å². The van der Waals surface area contributed by atoms with E-state index in [9.17, 15) is 4.79 Å². The summed E-state index contributed by atoms with van der Waals surface area (Å²) < 4.78 is 0. The van der Waals surface area contributed by atoms with Crippen molar-refractivity contribution in [2.45, 2.75) is 38.3 Å². The van der Waals surface area contributed by atoms with Crippen LogP contribution in [0.1, 0.15) is 33.8 Å². The molecule has 2 aliphatic heterocycles. The highest BCUT2D eigenvalue weighted by molar-refractivity contribution is 7.21. The van der Waals surface area contributed by atoms with Crippen molar-refractivity contribution >= 4 is 51.2 Å². The number of amides is 1. The minimum absolute atomic E-state index is 0. The summed E-state index contributed by atoms with van der Waals surface area (Å²) in [5.41, 5.74) is 10.2. The molecule has 2 atom stereocenters. The molecule has 0 radical (unpaired) electrons. The molecule has 2 fully saturated rings. The molecule has 2 aliphatic rings. The van der Waals surface area contributed by atoms with Gasteiger partial charge in [0.05, 0.1) is 5.69 Å². The minimum Gasteiger partial charge on any atom is -0.397 e. The van der Waals surface area contributed by atoms with E-state index in [4.69, 9.17) is 5.73 Å². The third kappa shape index (κ3) is 4.22. The predicted octanol–water partition coefficient (Wildman–Crippen LogP) is 3.52. The van der Waals surface area contributed by atoms with Crippen LogP contribution in [0.5, 0.6) is 0 Å². The lowest BCUT2D eigenvalue weighted by molar-refractivity contribution is 0.0959. The SMILES string of the molecule is Cc1ccc2c(N)c(C(=O)NCCc3ccc(N4CC[C@@H]5NCC[C@@H]54)cc3)sc2n1.Cl. The minimum atomic E-state index is -0.124. The van der Waals surface area contributed by atoms with Gasteiger partial charge in [-0.15, -0.1) is 23.7 Å². The maximum Gasteiger partial charge on any atom is 0.263 e. The van der Waals surface area contributed by atoms with Crippen molar-refractivity contribution in [3.8, 4) is 0 Å². The molecule has 0 saturated carbocycles. The van der Waals surface area contributed by atoms with Crippen molar-refractivity contribution < 1.29 is 4.79 Å². The van der Waals surface area contributed by atoms with Crippen molar-refractivity contribution in [2.75, 3.05) is 30.3 Å². The molecule has 164 valence electrons. The van der Waals surface area contributed by atoms with Gasteiger partial charge < -0.3 is 21.3 Å². The quantitative estimate of drug-likeness (QED) is 0.546. The third-order valence-electron chi connectivity index (χ3n) is 6.30. The zero-order valence-corrected chi connectivity index (χ0v) is 19.2. The third-order valence-corrected chi connectivity index (χ3v) is 7.41. The number of hydrogen-bond acceptors (Lipinski definition) is 6. The Labute approximate surface area is 192 Å². The average molecular weight is 458 g/mol. The number of anilines is 2. The van der Waals surface area contributed by atoms with Gasteiger partial charge in [0, 0.05) is 41.9 Å². The van der Waals surface area contributed by atoms with E-state index in [1.807, 2.05) is 19.1 Å². The van der Waals surface area contributed by atoms with Gasteiger partial charge in [0.15, 0.2) is 0 Å². The molecule has 1 aromatic carbocycles. The number of benzene rings is 1. The Balaban J connectivity index is 0.00000231. The highest BCUT2D eigenvalue weighted by atomic mass is 35.5. The lowest BCUT2D eigenvalue weighted by Gasteiger charge is -2.25. The second-order valence-corrected chi connectivity index (χ2v) is 9.22. The number of carbonyl (C=O) groups is 1. The number of nitrogens with two attached hydrogens (primary N) is 1. The van der Waals surface area contributed by atoms with Crippen molar-refractivity contribution in [1.82, 2.24) is 15.6 Å². The fourth-order valence-electron chi connectivity index (χ4n) is 4.70. The number of aromatic nitrogens is 1. The van der Waals surface area contributed by atoms with E-state index in [1.54, 1.807) is 0 Å². The number of nitrogens with one attached hydrogen (secondary N) is 2. The first kappa shape index (κ1) is 21.9. The smallest absolute Gasteiger partial charge is 0.263 e. The van der Waals surface area contributed by atoms with E-state index >= 15 is 0 Å². The number of hydrogen-bond donors (Lipinski definition) is 3. The van der Waals surface area contributed by atoms with Gasteiger partial charge in [-0.3, -0.25) is 4.79 Å². The highest BCUT2D eigenvalue weighted by Crippen LogP contribution is 2.33. The largest absolute Gasteiger partial charge is 0.397 e. The molecule has 8 heteroatoms. The number of nitrogens with zero attached hydrogens (tertiary/aromatic N) is 2. The molecule has 3 aromatic rings. The Kier molecular flexibility index (Phi) is 6.36. The average Bonchev–Trinajstić information content (AvgIpc) is 3.43. The summed E-state index contributed by atoms with van der Waals surface area (Å²) in [4.78, 5) is 21.0. The zero-order chi connectivity index (χ0) is 20.7. The van der Waals surface area contributed by atoms with E-state index in [0.29, 0.717) is 29.2 Å². The summed E-state index contributed by atoms with van der Waals surface area (Å²) >= 11 is 1.36. The topological polar surface area (TPSA) is 83.3 Å². The van der Waals surface area contributed by atoms with E-state index < -0.39 is 0 Å². The molecule has 4 heterocycles. The molecule has 4 N–H and O–H groups in total. The van der Waals surface area contributed by atoms with Crippen molar-refractivity contribution in [3.63, 3.8) is 0 Å². The highest BCUT2D eigenvalue weighted by Gasteiger charge is 2.37. The van der Waals surface area contributed by atoms with Crippen LogP contribution in [-0.2, 0) is 6.42 Å². The molecule has 6 nitrogen and oxygen atoms in total. The number of rotatable bonds is 5. The monoisotopic (exact) mass is 457 g/mol. The van der Waals surface area contributed by atoms with Gasteiger partial charge in [0.1, 0.15) is 9.71 Å². The Hall–Kier alpha value is -2.35. The fraction of sp³-hybridized carbons (Fsp3) is 0.391. The van der Waals surface area contributed by atoms with Gasteiger partial charge >= 0.3 is 0 Å². The van der Waals surface area contributed by atoms with Crippen LogP contribution >= 0.6 is 23.7 Å². The summed E-state index contributed by atoms with van der Waals surface area (Å²) in [5, 5.41) is 7.47. The molecule has 0 bridgehead atoms. The first-order chi connectivity index (χ1) is 14.6. The first-order valence-corrected chi connectivity index (χ1v) is 11.4. The maximum atomic E-state index is 12.6. The van der Waals surface area contributed by atoms with Gasteiger partial charge in [-0.2, -0.15) is 0 Å². The standard InChI is InChI=1S/C23H27N5OS.ClH/c1-14-2-7-17-20(24)21(30-23(17)27-14)22(29)26-11-8-15-3-5-16(6-4-15)28-13-10-18-19(28)9-12-25-18;/h2-7,18-19,25H,8-13,24H2,1H3,(H,26,29);1H/t18-,19-;/m0./s1. The Morgan fingerprint density at radius 1 is 1.26 bits per heavy atom. The molecule has 0 aliphatic carbocycles. The van der Waals surface area contributed by atoms with Crippen LogP contribution in [0.2, 0.25) is 0 Å². The maximum absolute atomic E-state index is 12.6. The van der Waals surface area contributed by atoms with Crippen LogP contribution in [0, 0.1) is 6.92 Å². The Morgan fingerprint density at radius 2 is 2.06 bits per heavy atom. The number of fused-ring (bicyclic) bond motifs is 2. The van der Waals surface area contributed by atoms with Gasteiger partial charge in [0.25, 0.3) is 5.91 Å². The predicted molar refractivity (Wildman–Crippen MR) is 131 cm³/mol. The van der Waals surface area contributed by atoms with Crippen molar-refractivity contribution in [1.29, 1.82) is 0 Å². The molecule has 1 amide bonds. The van der Waals surface area contributed by atoms with Crippen molar-refractivity contribution in [2.24, 2.45) is 0 Å². The summed E-state index contributed by atoms with van der Waals surface area (Å²) in [5.74, 6) is -0.124.